The van der Waals surface area contributed by atoms with Crippen molar-refractivity contribution in [1.29, 1.82) is 0 Å². The highest BCUT2D eigenvalue weighted by molar-refractivity contribution is 9.10. The van der Waals surface area contributed by atoms with Crippen LogP contribution in [0.25, 0.3) is 39.1 Å². The first kappa shape index (κ1) is 81.7. The van der Waals surface area contributed by atoms with E-state index >= 15 is 0 Å². The van der Waals surface area contributed by atoms with E-state index in [4.69, 9.17) is 43.2 Å². The number of benzene rings is 4. The van der Waals surface area contributed by atoms with Gasteiger partial charge >= 0.3 is 31.5 Å². The normalized spacial score (nSPS) is 23.1. The predicted molar refractivity (Wildman–Crippen MR) is 438 cm³/mol. The van der Waals surface area contributed by atoms with Crippen LogP contribution in [0.1, 0.15) is 155 Å². The predicted octanol–water partition coefficient (Wildman–Crippen LogP) is 12.0. The van der Waals surface area contributed by atoms with Crippen LogP contribution in [0, 0.1) is 11.8 Å². The van der Waals surface area contributed by atoms with Gasteiger partial charge in [-0.2, -0.15) is 0 Å². The lowest BCUT2D eigenvalue weighted by Gasteiger charge is -2.39. The molecule has 27 nitrogen and oxygen atoms in total. The Kier molecular flexibility index (Phi) is 25.0. The number of nitrogens with one attached hydrogen (secondary N) is 3. The van der Waals surface area contributed by atoms with E-state index in [0.29, 0.717) is 45.4 Å². The fraction of sp³-hybridized carbons (Fsp3) is 0.482. The number of imidazole rings is 1. The minimum Gasteiger partial charge on any atom is -0.453 e. The number of alkyl carbamates (subject to hydrolysis) is 2. The summed E-state index contributed by atoms with van der Waals surface area (Å²) in [6.07, 6.45) is 14.4. The Labute approximate surface area is 674 Å². The number of allylic oxidation sites excluding steroid dienone is 3. The molecule has 4 aromatic carbocycles. The maximum Gasteiger partial charge on any atom is 0.494 e. The van der Waals surface area contributed by atoms with Crippen molar-refractivity contribution in [2.45, 2.75) is 186 Å². The number of hydrogen-bond acceptors (Lipinski definition) is 18. The molecule has 7 fully saturated rings. The molecule has 1 aromatic heterocycles. The number of aromatic nitrogens is 2. The molecule has 10 aliphatic rings. The van der Waals surface area contributed by atoms with Gasteiger partial charge < -0.3 is 63.5 Å². The number of carbonyl (C=O) groups excluding carboxylic acids is 8. The second-order valence-electron chi connectivity index (χ2n) is 32.3. The summed E-state index contributed by atoms with van der Waals surface area (Å²) in [4.78, 5) is 133. The van der Waals surface area contributed by atoms with Crippen molar-refractivity contribution >= 4 is 110 Å². The van der Waals surface area contributed by atoms with E-state index in [1.165, 1.54) is 38.2 Å². The standard InChI is InChI=1S/C40H46N6O6.C27H38BN3O5.C18H19BrN4O3/c1-24(2)37(43-39(49)51-3)38(48)45-17-5-6-34(45)32-18-29(20-41-32)27-11-7-25(8-12-27)26-9-13-28(14-10-26)30-19-33(42-21-30)35-16-15-31-22-44(40(50)52-4)23-36(47)46(31)35;1-17(2)23(30-25(33)34-7)24(32)31-14-8-9-22(31)21-15-19(16-29-21)18-10-12-20(13-11-18)28-35-26(3,4)27(5,6)36-28;1-26-18(25)22-9-13-6-7-15(23(13)16(24)10-22)17-20-8-14(21-17)11-2-4-12(19)5-3-11/h7-14,20-21,24,31,34-35,37H,5-6,15-19,22-23H2,1-4H3,(H,43,49);10-13,16-17,22-23H,8-9,14-15H2,1-7H3,(H,30,33);2-5,8,13,15H,6-7,9-10H2,1H3,(H,20,21)/t31-,34-,35-,37-;22-,23-;13-,15-/m000/s1. The topological polar surface area (TPSA) is 301 Å². The number of aromatic amines is 1. The number of amides is 8. The van der Waals surface area contributed by atoms with Gasteiger partial charge in [0.1, 0.15) is 31.0 Å². The van der Waals surface area contributed by atoms with Crippen molar-refractivity contribution < 1.29 is 66.6 Å². The highest BCUT2D eigenvalue weighted by atomic mass is 79.9. The molecule has 5 aromatic rings. The largest absolute Gasteiger partial charge is 0.494 e. The number of piperazine rings is 2. The van der Waals surface area contributed by atoms with Gasteiger partial charge in [0.2, 0.25) is 23.6 Å². The molecule has 602 valence electrons. The number of nitrogens with zero attached hydrogens (tertiary/aromatic N) is 10. The van der Waals surface area contributed by atoms with Crippen LogP contribution in [0.4, 0.5) is 19.2 Å². The summed E-state index contributed by atoms with van der Waals surface area (Å²) >= 11 is 3.44. The van der Waals surface area contributed by atoms with Crippen LogP contribution in [-0.4, -0.2) is 233 Å². The minimum absolute atomic E-state index is 0.00325. The van der Waals surface area contributed by atoms with Gasteiger partial charge in [0.15, 0.2) is 0 Å². The number of halogens is 1. The average Bonchev–Trinajstić information content (AvgIpc) is 1.64. The molecule has 3 N–H and O–H groups in total. The van der Waals surface area contributed by atoms with E-state index in [1.54, 1.807) is 6.20 Å². The van der Waals surface area contributed by atoms with E-state index in [0.717, 1.165) is 140 Å². The third-order valence-electron chi connectivity index (χ3n) is 24.0. The Bertz CT molecular complexity index is 4640. The molecule has 29 heteroatoms. The lowest BCUT2D eigenvalue weighted by Crippen LogP contribution is -2.58. The Hall–Kier alpha value is -10.3. The van der Waals surface area contributed by atoms with Crippen LogP contribution in [0.15, 0.2) is 141 Å². The van der Waals surface area contributed by atoms with Gasteiger partial charge in [-0.15, -0.1) is 0 Å². The van der Waals surface area contributed by atoms with Gasteiger partial charge in [-0.25, -0.2) is 24.2 Å². The third kappa shape index (κ3) is 17.5. The first-order valence-electron chi connectivity index (χ1n) is 39.5. The first-order valence-corrected chi connectivity index (χ1v) is 40.3. The quantitative estimate of drug-likeness (QED) is 0.0611. The van der Waals surface area contributed by atoms with Gasteiger partial charge in [-0.05, 0) is 159 Å². The summed E-state index contributed by atoms with van der Waals surface area (Å²) in [5.74, 6) is 0.376. The van der Waals surface area contributed by atoms with Crippen LogP contribution < -0.4 is 16.1 Å². The lowest BCUT2D eigenvalue weighted by atomic mass is 9.78. The summed E-state index contributed by atoms with van der Waals surface area (Å²) in [5, 5.41) is 5.42. The summed E-state index contributed by atoms with van der Waals surface area (Å²) < 4.78 is 32.4. The third-order valence-corrected chi connectivity index (χ3v) is 24.5. The van der Waals surface area contributed by atoms with Crippen molar-refractivity contribution in [3.05, 3.63) is 149 Å². The van der Waals surface area contributed by atoms with Gasteiger partial charge in [0, 0.05) is 85.6 Å². The Morgan fingerprint density at radius 2 is 0.895 bits per heavy atom. The first-order chi connectivity index (χ1) is 54.6. The summed E-state index contributed by atoms with van der Waals surface area (Å²) in [6, 6.07) is 31.8. The highest BCUT2D eigenvalue weighted by Gasteiger charge is 2.52. The zero-order valence-electron chi connectivity index (χ0n) is 67.0. The number of ether oxygens (including phenoxy) is 4. The molecule has 15 rings (SSSR count). The highest BCUT2D eigenvalue weighted by Crippen LogP contribution is 2.42. The molecule has 0 unspecified atom stereocenters. The number of fused-ring (bicyclic) bond motifs is 2. The number of H-pyrrole nitrogens is 1. The van der Waals surface area contributed by atoms with Crippen LogP contribution in [0.5, 0.6) is 0 Å². The molecule has 8 atom stereocenters. The van der Waals surface area contributed by atoms with Gasteiger partial charge in [0.25, 0.3) is 0 Å². The molecule has 0 saturated carbocycles. The molecule has 114 heavy (non-hydrogen) atoms. The van der Waals surface area contributed by atoms with Crippen LogP contribution in [0.2, 0.25) is 0 Å². The number of methoxy groups -OCH3 is 4. The Morgan fingerprint density at radius 1 is 0.509 bits per heavy atom. The number of aliphatic imine (C=N–C) groups is 3. The molecule has 0 bridgehead atoms. The molecule has 8 amide bonds. The fourth-order valence-corrected chi connectivity index (χ4v) is 17.3. The van der Waals surface area contributed by atoms with Crippen molar-refractivity contribution in [3.63, 3.8) is 0 Å². The van der Waals surface area contributed by atoms with E-state index in [-0.39, 0.29) is 103 Å². The van der Waals surface area contributed by atoms with E-state index in [9.17, 15) is 38.4 Å². The second-order valence-corrected chi connectivity index (χ2v) is 33.2. The van der Waals surface area contributed by atoms with Gasteiger partial charge in [-0.1, -0.05) is 129 Å². The number of rotatable bonds is 16. The molecular formula is C85H103BBrN13O14. The van der Waals surface area contributed by atoms with Crippen molar-refractivity contribution in [1.82, 2.24) is 50.0 Å². The lowest BCUT2D eigenvalue weighted by molar-refractivity contribution is -0.139. The molecule has 11 heterocycles. The maximum atomic E-state index is 13.5. The zero-order valence-corrected chi connectivity index (χ0v) is 68.6. The van der Waals surface area contributed by atoms with E-state index < -0.39 is 36.5 Å². The SMILES string of the molecule is COC(=O)N1CC(=O)N2[C@@H](CC[C@H]2c2ncc(-c3ccc(Br)cc3)[nH]2)C1.COC(=O)N[C@H](C(=O)N1CCC[C@H]1C1=NC=C(c2ccc(-c3ccc(C4=CN=C([C@@H]5CC[C@H]6CN(C(=O)OC)CC(=O)N65)C4)cc3)cc2)C1)C(C)C.COC(=O)N[C@H](C(=O)N1CCC[C@H]1C1=NC=C(c2ccc(B3OC(C)(C)C(C)(C)O3)cc2)C1)C(C)C. The molecule has 10 aliphatic heterocycles. The maximum absolute atomic E-state index is 13.5. The Morgan fingerprint density at radius 3 is 1.31 bits per heavy atom. The average molecular weight is 1620 g/mol. The molecule has 0 radical (unpaired) electrons. The van der Waals surface area contributed by atoms with Gasteiger partial charge in [-0.3, -0.25) is 44.0 Å². The van der Waals surface area contributed by atoms with Crippen LogP contribution in [-0.2, 0) is 47.4 Å². The minimum atomic E-state index is -0.653. The molecule has 0 aliphatic carbocycles. The van der Waals surface area contributed by atoms with Crippen LogP contribution in [0.3, 0.4) is 0 Å². The van der Waals surface area contributed by atoms with Crippen molar-refractivity contribution in [2.75, 3.05) is 67.7 Å². The monoisotopic (exact) mass is 1620 g/mol. The smallest absolute Gasteiger partial charge is 0.453 e. The van der Waals surface area contributed by atoms with Crippen molar-refractivity contribution in [2.24, 2.45) is 26.8 Å². The fourth-order valence-electron chi connectivity index (χ4n) is 17.0. The summed E-state index contributed by atoms with van der Waals surface area (Å²) in [5.41, 5.74) is 14.1. The summed E-state index contributed by atoms with van der Waals surface area (Å²) in [7, 11) is 4.89. The molecule has 0 spiro atoms. The van der Waals surface area contributed by atoms with E-state index in [1.807, 2.05) is 102 Å². The second kappa shape index (κ2) is 34.8. The number of hydrogen-bond donors (Lipinski definition) is 3. The van der Waals surface area contributed by atoms with E-state index in [2.05, 4.69) is 125 Å². The molecular weight excluding hydrogens is 1520 g/mol. The van der Waals surface area contributed by atoms with Crippen molar-refractivity contribution in [3.8, 4) is 22.4 Å². The zero-order chi connectivity index (χ0) is 81.0. The van der Waals surface area contributed by atoms with Gasteiger partial charge in [0.05, 0.1) is 87.8 Å². The number of likely N-dealkylation sites (tertiary alicyclic amines) is 2. The number of carbonyl (C=O) groups is 8. The summed E-state index contributed by atoms with van der Waals surface area (Å²) in [6.45, 7) is 18.3. The van der Waals surface area contributed by atoms with Crippen LogP contribution >= 0.6 is 15.9 Å². The Balaban J connectivity index is 0.000000159. The molecule has 7 saturated heterocycles.